The van der Waals surface area contributed by atoms with Gasteiger partial charge in [-0.25, -0.2) is 31.8 Å². The number of hydrogen-bond donors (Lipinski definition) is 1. The van der Waals surface area contributed by atoms with Crippen LogP contribution in [-0.2, 0) is 31.5 Å². The molecule has 4 aromatic rings. The number of nitrogens with zero attached hydrogens (tertiary/aromatic N) is 2. The fraction of sp³-hybridized carbons (Fsp3) is 0.263. The monoisotopic (exact) mass is 862 g/mol. The van der Waals surface area contributed by atoms with Crippen LogP contribution in [0.2, 0.25) is 0 Å². The second-order valence-electron chi connectivity index (χ2n) is 14.2. The number of benzene rings is 4. The Bertz CT molecular complexity index is 2540. The van der Waals surface area contributed by atoms with Gasteiger partial charge in [-0.15, -0.1) is 23.2 Å². The van der Waals surface area contributed by atoms with Gasteiger partial charge in [0, 0.05) is 11.3 Å². The maximum absolute atomic E-state index is 15.4. The Hall–Kier alpha value is -5.23. The molecule has 0 bridgehead atoms. The van der Waals surface area contributed by atoms with Crippen LogP contribution in [0.25, 0.3) is 10.8 Å². The largest absolute Gasteiger partial charge is 0.507 e. The van der Waals surface area contributed by atoms with Crippen molar-refractivity contribution in [1.29, 1.82) is 0 Å². The highest BCUT2D eigenvalue weighted by Gasteiger charge is 2.77. The van der Waals surface area contributed by atoms with Crippen LogP contribution in [0.15, 0.2) is 66.2 Å². The van der Waals surface area contributed by atoms with Crippen LogP contribution in [0.1, 0.15) is 35.4 Å². The molecule has 0 aromatic heterocycles. The average Bonchev–Trinajstić information content (AvgIpc) is 3.50. The van der Waals surface area contributed by atoms with E-state index >= 15 is 8.78 Å². The van der Waals surface area contributed by atoms with E-state index < -0.39 is 139 Å². The topological polar surface area (TPSA) is 95.0 Å². The van der Waals surface area contributed by atoms with E-state index in [9.17, 15) is 63.8 Å². The zero-order chi connectivity index (χ0) is 42.3. The molecule has 6 atom stereocenters. The van der Waals surface area contributed by atoms with E-state index in [1.807, 2.05) is 0 Å². The van der Waals surface area contributed by atoms with Crippen LogP contribution in [0.5, 0.6) is 5.75 Å². The van der Waals surface area contributed by atoms with E-state index in [1.165, 1.54) is 36.4 Å². The zero-order valence-corrected chi connectivity index (χ0v) is 29.9. The molecule has 0 unspecified atom stereocenters. The molecule has 4 amide bonds. The lowest BCUT2D eigenvalue weighted by molar-refractivity contribution is -0.143. The maximum Gasteiger partial charge on any atom is 0.416 e. The highest BCUT2D eigenvalue weighted by Crippen LogP contribution is 2.67. The molecule has 8 rings (SSSR count). The summed E-state index contributed by atoms with van der Waals surface area (Å²) in [5.74, 6) is -26.1. The van der Waals surface area contributed by atoms with Crippen molar-refractivity contribution in [2.45, 2.75) is 40.9 Å². The summed E-state index contributed by atoms with van der Waals surface area (Å²) in [7, 11) is 0. The number of carbonyl (C=O) groups excluding carboxylic acids is 4. The molecule has 3 fully saturated rings. The second-order valence-corrected chi connectivity index (χ2v) is 15.4. The van der Waals surface area contributed by atoms with Gasteiger partial charge in [-0.1, -0.05) is 42.0 Å². The van der Waals surface area contributed by atoms with E-state index in [1.54, 1.807) is 0 Å². The fourth-order valence-corrected chi connectivity index (χ4v) is 9.72. The van der Waals surface area contributed by atoms with Gasteiger partial charge in [-0.05, 0) is 54.0 Å². The molecule has 0 spiro atoms. The molecule has 2 saturated heterocycles. The van der Waals surface area contributed by atoms with Crippen LogP contribution in [0.3, 0.4) is 0 Å². The molecule has 7 nitrogen and oxygen atoms in total. The quantitative estimate of drug-likeness (QED) is 0.0555. The Balaban J connectivity index is 1.34. The SMILES string of the molecule is O=C1[C@H]2[C@H](CC=C3[C@H]2C[C@@]2(Cl)C(=O)N(c4c(F)c(F)c(F)c(F)c4F)C(=O)[C@@]2(Cl)[C@H]3c2ccc(O)c3ccccc23)C(=O)N1c1cc(C(F)(F)F)cc(C(F)(F)F)c1. The fourth-order valence-electron chi connectivity index (χ4n) is 8.79. The molecule has 1 saturated carbocycles. The first-order chi connectivity index (χ1) is 27.0. The normalized spacial score (nSPS) is 27.3. The van der Waals surface area contributed by atoms with Gasteiger partial charge in [0.25, 0.3) is 11.8 Å². The Labute approximate surface area is 327 Å². The summed E-state index contributed by atoms with van der Waals surface area (Å²) in [6.45, 7) is 0. The number of phenolic OH excluding ortho intramolecular Hbond substituents is 1. The summed E-state index contributed by atoms with van der Waals surface area (Å²) >= 11 is 14.3. The van der Waals surface area contributed by atoms with Crippen molar-refractivity contribution in [2.24, 2.45) is 17.8 Å². The van der Waals surface area contributed by atoms with Gasteiger partial charge in [0.05, 0.1) is 28.7 Å². The van der Waals surface area contributed by atoms with Gasteiger partial charge >= 0.3 is 12.4 Å². The Morgan fingerprint density at radius 2 is 1.22 bits per heavy atom. The Morgan fingerprint density at radius 1 is 0.672 bits per heavy atom. The Kier molecular flexibility index (Phi) is 8.62. The van der Waals surface area contributed by atoms with Crippen molar-refractivity contribution in [3.8, 4) is 5.75 Å². The number of halogens is 13. The minimum absolute atomic E-state index is 0.0374. The lowest BCUT2D eigenvalue weighted by Gasteiger charge is -2.51. The molecule has 1 N–H and O–H groups in total. The van der Waals surface area contributed by atoms with Crippen molar-refractivity contribution >= 4 is 69.0 Å². The third-order valence-electron chi connectivity index (χ3n) is 11.3. The van der Waals surface area contributed by atoms with Crippen LogP contribution < -0.4 is 9.80 Å². The molecule has 2 aliphatic carbocycles. The third kappa shape index (κ3) is 5.18. The lowest BCUT2D eigenvalue weighted by Crippen LogP contribution is -2.60. The maximum atomic E-state index is 15.4. The van der Waals surface area contributed by atoms with E-state index in [0.29, 0.717) is 0 Å². The molecule has 4 aliphatic rings. The summed E-state index contributed by atoms with van der Waals surface area (Å²) in [5, 5.41) is 10.9. The third-order valence-corrected chi connectivity index (χ3v) is 12.7. The number of alkyl halides is 8. The number of allylic oxidation sites excluding steroid dienone is 2. The number of amides is 4. The molecule has 0 radical (unpaired) electrons. The number of phenols is 1. The van der Waals surface area contributed by atoms with Crippen molar-refractivity contribution < 1.29 is 72.6 Å². The van der Waals surface area contributed by atoms with Crippen LogP contribution >= 0.6 is 23.2 Å². The van der Waals surface area contributed by atoms with Gasteiger partial charge in [0.1, 0.15) is 11.4 Å². The lowest BCUT2D eigenvalue weighted by atomic mass is 9.56. The van der Waals surface area contributed by atoms with E-state index in [2.05, 4.69) is 0 Å². The first kappa shape index (κ1) is 39.6. The van der Waals surface area contributed by atoms with E-state index in [-0.39, 0.29) is 50.8 Å². The summed E-state index contributed by atoms with van der Waals surface area (Å²) in [6.07, 6.45) is -10.9. The predicted octanol–water partition coefficient (Wildman–Crippen LogP) is 9.05. The number of hydrogen-bond acceptors (Lipinski definition) is 5. The highest BCUT2D eigenvalue weighted by atomic mass is 35.5. The van der Waals surface area contributed by atoms with Crippen LogP contribution in [-0.4, -0.2) is 38.5 Å². The first-order valence-electron chi connectivity index (χ1n) is 16.8. The van der Waals surface area contributed by atoms with Gasteiger partial charge in [-0.3, -0.25) is 19.2 Å². The number of carbonyl (C=O) groups is 4. The Morgan fingerprint density at radius 3 is 1.79 bits per heavy atom. The number of rotatable bonds is 3. The molecule has 4 aromatic carbocycles. The smallest absolute Gasteiger partial charge is 0.416 e. The minimum Gasteiger partial charge on any atom is -0.507 e. The predicted molar refractivity (Wildman–Crippen MR) is 181 cm³/mol. The van der Waals surface area contributed by atoms with Crippen LogP contribution in [0.4, 0.5) is 59.7 Å². The molecule has 58 heavy (non-hydrogen) atoms. The highest BCUT2D eigenvalue weighted by molar-refractivity contribution is 6.58. The molecular weight excluding hydrogens is 844 g/mol. The molecular formula is C38H19Cl2F11N2O5. The van der Waals surface area contributed by atoms with Gasteiger partial charge < -0.3 is 5.11 Å². The van der Waals surface area contributed by atoms with E-state index in [4.69, 9.17) is 23.2 Å². The van der Waals surface area contributed by atoms with Gasteiger partial charge in [0.2, 0.25) is 17.6 Å². The van der Waals surface area contributed by atoms with Crippen molar-refractivity contribution in [2.75, 3.05) is 9.80 Å². The standard InChI is InChI=1S/C38H19Cl2F11N2O5/c39-35-12-21-19(5-6-20-23(21)32(56)52(31(20)55)15-10-13(37(46,47)48)9-14(11-15)38(49,50)51)24(18-7-8-22(54)17-4-2-1-3-16(17)18)36(35,40)34(58)53(33(35)57)30-28(44)26(42)25(41)27(43)29(30)45/h1-5,7-11,20-21,23-24,54H,6,12H2/t20-,21+,23-,24-,35+,36-/m0/s1. The number of anilines is 2. The summed E-state index contributed by atoms with van der Waals surface area (Å²) in [6, 6.07) is 8.25. The number of imide groups is 2. The van der Waals surface area contributed by atoms with Crippen molar-refractivity contribution in [3.05, 3.63) is 112 Å². The summed E-state index contributed by atoms with van der Waals surface area (Å²) < 4.78 is 157. The zero-order valence-electron chi connectivity index (χ0n) is 28.4. The molecule has 302 valence electrons. The van der Waals surface area contributed by atoms with Crippen LogP contribution in [0, 0.1) is 46.8 Å². The average molecular weight is 863 g/mol. The second kappa shape index (κ2) is 12.6. The molecule has 20 heteroatoms. The van der Waals surface area contributed by atoms with Crippen molar-refractivity contribution in [1.82, 2.24) is 0 Å². The molecule has 2 heterocycles. The van der Waals surface area contributed by atoms with E-state index in [0.717, 1.165) is 6.07 Å². The first-order valence-corrected chi connectivity index (χ1v) is 17.6. The molecule has 2 aliphatic heterocycles. The van der Waals surface area contributed by atoms with Crippen molar-refractivity contribution in [3.63, 3.8) is 0 Å². The number of fused-ring (bicyclic) bond motifs is 5. The summed E-state index contributed by atoms with van der Waals surface area (Å²) in [4.78, 5) is 51.1. The minimum atomic E-state index is -5.38. The summed E-state index contributed by atoms with van der Waals surface area (Å²) in [5.41, 5.74) is -6.91. The van der Waals surface area contributed by atoms with Gasteiger partial charge in [0.15, 0.2) is 33.0 Å². The number of aromatic hydroxyl groups is 1. The van der Waals surface area contributed by atoms with Gasteiger partial charge in [-0.2, -0.15) is 26.3 Å².